The Labute approximate surface area is 115 Å². The van der Waals surface area contributed by atoms with Gasteiger partial charge in [-0.25, -0.2) is 0 Å². The number of benzene rings is 1. The second-order valence-electron chi connectivity index (χ2n) is 4.63. The Morgan fingerprint density at radius 3 is 2.60 bits per heavy atom. The molecule has 0 saturated carbocycles. The Morgan fingerprint density at radius 2 is 2.00 bits per heavy atom. The molecule has 1 saturated heterocycles. The number of nitrogens with zero attached hydrogens (tertiary/aromatic N) is 1. The van der Waals surface area contributed by atoms with Crippen molar-refractivity contribution >= 4 is 17.5 Å². The minimum atomic E-state index is -0.439. The molecule has 106 valence electrons. The number of hydrogen-bond donors (Lipinski definition) is 2. The average molecular weight is 277 g/mol. The molecule has 7 heteroatoms. The summed E-state index contributed by atoms with van der Waals surface area (Å²) in [5.74, 6) is -0.520. The standard InChI is InChI=1S/C13H15N3O4/c17-12-6-5-11(13(18)15-12)14-8-7-9-1-3-10(4-2-9)16(19)20/h1-4,11,14H,5-8H2,(H,15,17,18). The van der Waals surface area contributed by atoms with Gasteiger partial charge in [0.05, 0.1) is 11.0 Å². The van der Waals surface area contributed by atoms with Gasteiger partial charge in [-0.1, -0.05) is 12.1 Å². The van der Waals surface area contributed by atoms with Crippen LogP contribution in [0.25, 0.3) is 0 Å². The summed E-state index contributed by atoms with van der Waals surface area (Å²) in [6, 6.07) is 5.97. The molecule has 1 aromatic carbocycles. The number of imide groups is 1. The van der Waals surface area contributed by atoms with Crippen LogP contribution in [-0.2, 0) is 16.0 Å². The molecule has 2 amide bonds. The maximum Gasteiger partial charge on any atom is 0.269 e. The van der Waals surface area contributed by atoms with Crippen LogP contribution in [0.3, 0.4) is 0 Å². The third-order valence-electron chi connectivity index (χ3n) is 3.19. The van der Waals surface area contributed by atoms with E-state index in [2.05, 4.69) is 10.6 Å². The number of hydrogen-bond acceptors (Lipinski definition) is 5. The second kappa shape index (κ2) is 6.25. The first-order chi connectivity index (χ1) is 9.56. The Kier molecular flexibility index (Phi) is 4.41. The van der Waals surface area contributed by atoms with Gasteiger partial charge >= 0.3 is 0 Å². The zero-order valence-corrected chi connectivity index (χ0v) is 10.8. The first kappa shape index (κ1) is 14.1. The van der Waals surface area contributed by atoms with Gasteiger partial charge in [0.1, 0.15) is 0 Å². The number of nitro benzene ring substituents is 1. The van der Waals surface area contributed by atoms with E-state index in [4.69, 9.17) is 0 Å². The summed E-state index contributed by atoms with van der Waals surface area (Å²) in [5, 5.41) is 15.9. The van der Waals surface area contributed by atoms with Crippen LogP contribution in [0.4, 0.5) is 5.69 Å². The molecule has 1 fully saturated rings. The molecule has 1 aromatic rings. The Balaban J connectivity index is 1.79. The third-order valence-corrected chi connectivity index (χ3v) is 3.19. The topological polar surface area (TPSA) is 101 Å². The Morgan fingerprint density at radius 1 is 1.30 bits per heavy atom. The number of rotatable bonds is 5. The molecule has 0 aliphatic carbocycles. The van der Waals surface area contributed by atoms with E-state index in [1.165, 1.54) is 12.1 Å². The van der Waals surface area contributed by atoms with Crippen molar-refractivity contribution in [1.29, 1.82) is 0 Å². The Hall–Kier alpha value is -2.28. The minimum Gasteiger partial charge on any atom is -0.306 e. The number of carbonyl (C=O) groups excluding carboxylic acids is 2. The molecular weight excluding hydrogens is 262 g/mol. The zero-order chi connectivity index (χ0) is 14.5. The number of carbonyl (C=O) groups is 2. The highest BCUT2D eigenvalue weighted by Gasteiger charge is 2.25. The van der Waals surface area contributed by atoms with Crippen molar-refractivity contribution < 1.29 is 14.5 Å². The summed E-state index contributed by atoms with van der Waals surface area (Å²) in [7, 11) is 0. The molecule has 1 aliphatic heterocycles. The molecule has 0 spiro atoms. The summed E-state index contributed by atoms with van der Waals surface area (Å²) in [4.78, 5) is 32.6. The van der Waals surface area contributed by atoms with E-state index in [9.17, 15) is 19.7 Å². The van der Waals surface area contributed by atoms with E-state index >= 15 is 0 Å². The molecule has 1 atom stereocenters. The molecule has 0 radical (unpaired) electrons. The first-order valence-electron chi connectivity index (χ1n) is 6.36. The van der Waals surface area contributed by atoms with Crippen LogP contribution in [0.5, 0.6) is 0 Å². The van der Waals surface area contributed by atoms with Crippen molar-refractivity contribution in [2.45, 2.75) is 25.3 Å². The van der Waals surface area contributed by atoms with Gasteiger partial charge in [0, 0.05) is 18.6 Å². The highest BCUT2D eigenvalue weighted by atomic mass is 16.6. The molecule has 20 heavy (non-hydrogen) atoms. The third kappa shape index (κ3) is 3.61. The lowest BCUT2D eigenvalue weighted by molar-refractivity contribution is -0.384. The highest BCUT2D eigenvalue weighted by Crippen LogP contribution is 2.12. The van der Waals surface area contributed by atoms with E-state index in [1.54, 1.807) is 12.1 Å². The largest absolute Gasteiger partial charge is 0.306 e. The van der Waals surface area contributed by atoms with Gasteiger partial charge in [-0.3, -0.25) is 25.0 Å². The fraction of sp³-hybridized carbons (Fsp3) is 0.385. The van der Waals surface area contributed by atoms with Gasteiger partial charge in [-0.05, 0) is 24.9 Å². The number of piperidine rings is 1. The summed E-state index contributed by atoms with van der Waals surface area (Å²) >= 11 is 0. The van der Waals surface area contributed by atoms with Crippen LogP contribution in [-0.4, -0.2) is 29.3 Å². The summed E-state index contributed by atoms with van der Waals surface area (Å²) in [6.45, 7) is 0.574. The van der Waals surface area contributed by atoms with E-state index in [0.717, 1.165) is 5.56 Å². The lowest BCUT2D eigenvalue weighted by Crippen LogP contribution is -2.51. The van der Waals surface area contributed by atoms with Crippen molar-refractivity contribution in [1.82, 2.24) is 10.6 Å². The fourth-order valence-corrected chi connectivity index (χ4v) is 2.06. The number of non-ortho nitro benzene ring substituents is 1. The monoisotopic (exact) mass is 277 g/mol. The Bertz CT molecular complexity index is 527. The lowest BCUT2D eigenvalue weighted by Gasteiger charge is -2.21. The molecule has 0 aromatic heterocycles. The van der Waals surface area contributed by atoms with Gasteiger partial charge in [-0.2, -0.15) is 0 Å². The molecule has 1 unspecified atom stereocenters. The maximum absolute atomic E-state index is 11.5. The van der Waals surface area contributed by atoms with E-state index in [0.29, 0.717) is 25.8 Å². The quantitative estimate of drug-likeness (QED) is 0.464. The van der Waals surface area contributed by atoms with Crippen LogP contribution in [0, 0.1) is 10.1 Å². The lowest BCUT2D eigenvalue weighted by atomic mass is 10.1. The smallest absolute Gasteiger partial charge is 0.269 e. The maximum atomic E-state index is 11.5. The number of nitrogens with one attached hydrogen (secondary N) is 2. The van der Waals surface area contributed by atoms with Gasteiger partial charge in [-0.15, -0.1) is 0 Å². The molecule has 2 N–H and O–H groups in total. The van der Waals surface area contributed by atoms with E-state index < -0.39 is 4.92 Å². The van der Waals surface area contributed by atoms with Crippen LogP contribution < -0.4 is 10.6 Å². The van der Waals surface area contributed by atoms with Gasteiger partial charge in [0.25, 0.3) is 5.69 Å². The van der Waals surface area contributed by atoms with E-state index in [1.807, 2.05) is 0 Å². The average Bonchev–Trinajstić information content (AvgIpc) is 2.42. The number of nitro groups is 1. The first-order valence-corrected chi connectivity index (χ1v) is 6.36. The fourth-order valence-electron chi connectivity index (χ4n) is 2.06. The van der Waals surface area contributed by atoms with Crippen molar-refractivity contribution in [3.05, 3.63) is 39.9 Å². The summed E-state index contributed by atoms with van der Waals surface area (Å²) in [6.07, 6.45) is 1.52. The van der Waals surface area contributed by atoms with Crippen molar-refractivity contribution in [2.24, 2.45) is 0 Å². The normalized spacial score (nSPS) is 18.7. The van der Waals surface area contributed by atoms with Crippen LogP contribution in [0.2, 0.25) is 0 Å². The van der Waals surface area contributed by atoms with Gasteiger partial charge in [0.2, 0.25) is 11.8 Å². The van der Waals surface area contributed by atoms with Gasteiger partial charge < -0.3 is 5.32 Å². The van der Waals surface area contributed by atoms with Crippen molar-refractivity contribution in [2.75, 3.05) is 6.54 Å². The molecule has 2 rings (SSSR count). The molecular formula is C13H15N3O4. The molecule has 0 bridgehead atoms. The predicted octanol–water partition coefficient (Wildman–Crippen LogP) is 0.532. The van der Waals surface area contributed by atoms with Gasteiger partial charge in [0.15, 0.2) is 0 Å². The predicted molar refractivity (Wildman–Crippen MR) is 71.0 cm³/mol. The minimum absolute atomic E-state index is 0.0619. The molecule has 7 nitrogen and oxygen atoms in total. The van der Waals surface area contributed by atoms with Crippen molar-refractivity contribution in [3.8, 4) is 0 Å². The zero-order valence-electron chi connectivity index (χ0n) is 10.8. The molecule has 1 aliphatic rings. The molecule has 1 heterocycles. The highest BCUT2D eigenvalue weighted by molar-refractivity contribution is 6.00. The van der Waals surface area contributed by atoms with Crippen LogP contribution in [0.1, 0.15) is 18.4 Å². The number of amides is 2. The van der Waals surface area contributed by atoms with Crippen LogP contribution in [0.15, 0.2) is 24.3 Å². The summed E-state index contributed by atoms with van der Waals surface area (Å²) < 4.78 is 0. The van der Waals surface area contributed by atoms with E-state index in [-0.39, 0.29) is 23.5 Å². The van der Waals surface area contributed by atoms with Crippen molar-refractivity contribution in [3.63, 3.8) is 0 Å². The SMILES string of the molecule is O=C1CCC(NCCc2ccc([N+](=O)[O-])cc2)C(=O)N1. The summed E-state index contributed by atoms with van der Waals surface area (Å²) in [5.41, 5.74) is 1.02. The van der Waals surface area contributed by atoms with Crippen LogP contribution >= 0.6 is 0 Å². The second-order valence-corrected chi connectivity index (χ2v) is 4.63.